The van der Waals surface area contributed by atoms with Gasteiger partial charge in [0.1, 0.15) is 5.01 Å². The van der Waals surface area contributed by atoms with Gasteiger partial charge < -0.3 is 11.1 Å². The fraction of sp³-hybridized carbons (Fsp3) is 0.526. The Morgan fingerprint density at radius 3 is 2.44 bits per heavy atom. The van der Waals surface area contributed by atoms with Gasteiger partial charge in [0.05, 0.1) is 5.54 Å². The summed E-state index contributed by atoms with van der Waals surface area (Å²) in [5.41, 5.74) is 8.21. The molecule has 0 atom stereocenters. The van der Waals surface area contributed by atoms with E-state index in [0.29, 0.717) is 17.5 Å². The Morgan fingerprint density at radius 1 is 1.16 bits per heavy atom. The maximum absolute atomic E-state index is 12.8. The molecule has 25 heavy (non-hydrogen) atoms. The number of benzene rings is 1. The van der Waals surface area contributed by atoms with E-state index in [9.17, 15) is 4.79 Å². The van der Waals surface area contributed by atoms with E-state index in [1.807, 2.05) is 0 Å². The third-order valence-corrected chi connectivity index (χ3v) is 6.50. The molecule has 3 N–H and O–H groups in total. The van der Waals surface area contributed by atoms with E-state index in [4.69, 9.17) is 5.73 Å². The number of anilines is 1. The van der Waals surface area contributed by atoms with Crippen molar-refractivity contribution in [3.05, 3.63) is 40.4 Å². The van der Waals surface area contributed by atoms with Crippen molar-refractivity contribution in [2.45, 2.75) is 56.9 Å². The topological polar surface area (TPSA) is 80.9 Å². The molecule has 1 saturated carbocycles. The molecule has 0 radical (unpaired) electrons. The molecule has 1 heterocycles. The molecule has 5 nitrogen and oxygen atoms in total. The average molecular weight is 356 g/mol. The molecule has 2 aliphatic rings. The van der Waals surface area contributed by atoms with Gasteiger partial charge in [0, 0.05) is 6.42 Å². The van der Waals surface area contributed by atoms with E-state index in [-0.39, 0.29) is 11.4 Å². The van der Waals surface area contributed by atoms with Gasteiger partial charge in [-0.3, -0.25) is 4.79 Å². The molecule has 0 aliphatic heterocycles. The van der Waals surface area contributed by atoms with Crippen LogP contribution in [0.1, 0.15) is 54.7 Å². The zero-order valence-electron chi connectivity index (χ0n) is 14.3. The lowest BCUT2D eigenvalue weighted by Gasteiger charge is -2.36. The summed E-state index contributed by atoms with van der Waals surface area (Å²) < 4.78 is 0. The predicted molar refractivity (Wildman–Crippen MR) is 99.2 cm³/mol. The first-order chi connectivity index (χ1) is 12.1. The number of aromatic nitrogens is 2. The number of nitrogens with two attached hydrogens (primary N) is 1. The van der Waals surface area contributed by atoms with E-state index >= 15 is 0 Å². The van der Waals surface area contributed by atoms with Crippen LogP contribution < -0.4 is 11.1 Å². The maximum atomic E-state index is 12.8. The number of nitrogen functional groups attached to an aromatic ring is 1. The Balaban J connectivity index is 1.45. The first kappa shape index (κ1) is 16.5. The van der Waals surface area contributed by atoms with Crippen molar-refractivity contribution < 1.29 is 4.79 Å². The highest BCUT2D eigenvalue weighted by Crippen LogP contribution is 2.39. The minimum Gasteiger partial charge on any atom is -0.374 e. The lowest BCUT2D eigenvalue weighted by atomic mass is 9.81. The quantitative estimate of drug-likeness (QED) is 0.881. The van der Waals surface area contributed by atoms with Crippen LogP contribution in [0.2, 0.25) is 0 Å². The highest BCUT2D eigenvalue weighted by atomic mass is 32.1. The smallest absolute Gasteiger partial charge is 0.221 e. The van der Waals surface area contributed by atoms with Crippen LogP contribution in [-0.4, -0.2) is 16.1 Å². The van der Waals surface area contributed by atoms with Crippen molar-refractivity contribution in [1.82, 2.24) is 15.5 Å². The molecule has 2 aromatic rings. The molecule has 2 aliphatic carbocycles. The summed E-state index contributed by atoms with van der Waals surface area (Å²) in [7, 11) is 0. The first-order valence-electron chi connectivity index (χ1n) is 9.12. The standard InChI is InChI=1S/C19H24N4OS/c20-18-23-22-17(25-18)19(8-4-1-5-9-19)21-16(24)12-13-10-14-6-2-3-7-15(14)11-13/h2-3,6-7,13H,1,4-5,8-12H2,(H2,20,23)(H,21,24). The molecule has 1 aromatic heterocycles. The Bertz CT molecular complexity index is 741. The fourth-order valence-electron chi connectivity index (χ4n) is 4.35. The minimum atomic E-state index is -0.365. The molecule has 1 amide bonds. The zero-order chi connectivity index (χ0) is 17.3. The van der Waals surface area contributed by atoms with Crippen LogP contribution in [0.4, 0.5) is 5.13 Å². The number of hydrogen-bond donors (Lipinski definition) is 2. The van der Waals surface area contributed by atoms with Gasteiger partial charge >= 0.3 is 0 Å². The Morgan fingerprint density at radius 2 is 1.84 bits per heavy atom. The van der Waals surface area contributed by atoms with E-state index < -0.39 is 0 Å². The normalized spacial score (nSPS) is 19.5. The number of carbonyl (C=O) groups is 1. The number of hydrogen-bond acceptors (Lipinski definition) is 5. The van der Waals surface area contributed by atoms with E-state index in [1.54, 1.807) is 0 Å². The number of amides is 1. The van der Waals surface area contributed by atoms with Crippen LogP contribution in [0, 0.1) is 5.92 Å². The summed E-state index contributed by atoms with van der Waals surface area (Å²) in [5.74, 6) is 0.533. The van der Waals surface area contributed by atoms with Gasteiger partial charge in [0.2, 0.25) is 11.0 Å². The number of nitrogens with zero attached hydrogens (tertiary/aromatic N) is 2. The van der Waals surface area contributed by atoms with Gasteiger partial charge in [-0.2, -0.15) is 0 Å². The third-order valence-electron chi connectivity index (χ3n) is 5.55. The summed E-state index contributed by atoms with van der Waals surface area (Å²) in [6, 6.07) is 8.52. The summed E-state index contributed by atoms with van der Waals surface area (Å²) in [4.78, 5) is 12.8. The van der Waals surface area contributed by atoms with Crippen molar-refractivity contribution in [1.29, 1.82) is 0 Å². The van der Waals surface area contributed by atoms with Gasteiger partial charge in [-0.15, -0.1) is 10.2 Å². The monoisotopic (exact) mass is 356 g/mol. The molecule has 6 heteroatoms. The summed E-state index contributed by atoms with van der Waals surface area (Å²) >= 11 is 1.41. The van der Waals surface area contributed by atoms with Crippen LogP contribution in [0.15, 0.2) is 24.3 Å². The van der Waals surface area contributed by atoms with E-state index in [2.05, 4.69) is 39.8 Å². The average Bonchev–Trinajstić information content (AvgIpc) is 3.21. The van der Waals surface area contributed by atoms with E-state index in [0.717, 1.165) is 43.5 Å². The van der Waals surface area contributed by atoms with Crippen LogP contribution in [0.5, 0.6) is 0 Å². The Kier molecular flexibility index (Phi) is 4.46. The van der Waals surface area contributed by atoms with Crippen LogP contribution in [0.3, 0.4) is 0 Å². The number of rotatable bonds is 4. The highest BCUT2D eigenvalue weighted by molar-refractivity contribution is 7.15. The second-order valence-corrected chi connectivity index (χ2v) is 8.39. The van der Waals surface area contributed by atoms with Gasteiger partial charge in [-0.25, -0.2) is 0 Å². The predicted octanol–water partition coefficient (Wildman–Crippen LogP) is 3.20. The van der Waals surface area contributed by atoms with Crippen molar-refractivity contribution >= 4 is 22.4 Å². The molecule has 0 bridgehead atoms. The van der Waals surface area contributed by atoms with Crippen molar-refractivity contribution in [2.75, 3.05) is 5.73 Å². The SMILES string of the molecule is Nc1nnc(C2(NC(=O)CC3Cc4ccccc4C3)CCCCC2)s1. The second kappa shape index (κ2) is 6.75. The number of nitrogens with one attached hydrogen (secondary N) is 1. The second-order valence-electron chi connectivity index (χ2n) is 7.38. The van der Waals surface area contributed by atoms with Gasteiger partial charge in [-0.1, -0.05) is 54.9 Å². The fourth-order valence-corrected chi connectivity index (χ4v) is 5.16. The Hall–Kier alpha value is -1.95. The van der Waals surface area contributed by atoms with Crippen molar-refractivity contribution in [3.8, 4) is 0 Å². The molecule has 132 valence electrons. The number of fused-ring (bicyclic) bond motifs is 1. The molecular formula is C19H24N4OS. The third kappa shape index (κ3) is 3.40. The molecule has 0 unspecified atom stereocenters. The summed E-state index contributed by atoms with van der Waals surface area (Å²) in [6.45, 7) is 0. The molecule has 1 fully saturated rings. The maximum Gasteiger partial charge on any atom is 0.221 e. The number of carbonyl (C=O) groups excluding carboxylic acids is 1. The lowest BCUT2D eigenvalue weighted by Crippen LogP contribution is -2.47. The van der Waals surface area contributed by atoms with Crippen LogP contribution in [-0.2, 0) is 23.2 Å². The van der Waals surface area contributed by atoms with Crippen molar-refractivity contribution in [2.24, 2.45) is 5.92 Å². The largest absolute Gasteiger partial charge is 0.374 e. The summed E-state index contributed by atoms with van der Waals surface area (Å²) in [6.07, 6.45) is 7.86. The van der Waals surface area contributed by atoms with Crippen LogP contribution >= 0.6 is 11.3 Å². The van der Waals surface area contributed by atoms with E-state index in [1.165, 1.54) is 28.9 Å². The van der Waals surface area contributed by atoms with Gasteiger partial charge in [0.25, 0.3) is 0 Å². The minimum absolute atomic E-state index is 0.133. The molecular weight excluding hydrogens is 332 g/mol. The highest BCUT2D eigenvalue weighted by Gasteiger charge is 2.39. The molecule has 0 spiro atoms. The molecule has 1 aromatic carbocycles. The molecule has 0 saturated heterocycles. The molecule has 4 rings (SSSR count). The first-order valence-corrected chi connectivity index (χ1v) is 9.93. The van der Waals surface area contributed by atoms with Crippen molar-refractivity contribution in [3.63, 3.8) is 0 Å². The van der Waals surface area contributed by atoms with Crippen LogP contribution in [0.25, 0.3) is 0 Å². The lowest BCUT2D eigenvalue weighted by molar-refractivity contribution is -0.124. The van der Waals surface area contributed by atoms with Gasteiger partial charge in [-0.05, 0) is 42.7 Å². The Labute approximate surface area is 152 Å². The zero-order valence-corrected chi connectivity index (χ0v) is 15.1. The van der Waals surface area contributed by atoms with Gasteiger partial charge in [0.15, 0.2) is 0 Å². The summed E-state index contributed by atoms with van der Waals surface area (Å²) in [5, 5.41) is 12.9.